The second kappa shape index (κ2) is 4.56. The quantitative estimate of drug-likeness (QED) is 0.663. The molecule has 0 saturated heterocycles. The highest BCUT2D eigenvalue weighted by molar-refractivity contribution is 5.94. The van der Waals surface area contributed by atoms with Gasteiger partial charge in [-0.3, -0.25) is 9.89 Å². The molecule has 6 heteroatoms. The molecule has 0 saturated carbocycles. The van der Waals surface area contributed by atoms with E-state index in [2.05, 4.69) is 25.5 Å². The normalized spacial score (nSPS) is 10.8. The molecular weight excluding hydrogens is 242 g/mol. The first-order valence-corrected chi connectivity index (χ1v) is 5.96. The molecule has 2 aromatic heterocycles. The molecular formula is C13H13N5O. The van der Waals surface area contributed by atoms with Gasteiger partial charge in [-0.2, -0.15) is 5.10 Å². The topological polar surface area (TPSA) is 86.5 Å². The maximum Gasteiger partial charge on any atom is 0.287 e. The van der Waals surface area contributed by atoms with Crippen molar-refractivity contribution in [1.82, 2.24) is 25.5 Å². The van der Waals surface area contributed by atoms with Crippen LogP contribution in [0.3, 0.4) is 0 Å². The van der Waals surface area contributed by atoms with Gasteiger partial charge in [0.05, 0.1) is 23.3 Å². The van der Waals surface area contributed by atoms with Crippen molar-refractivity contribution < 1.29 is 4.79 Å². The Balaban J connectivity index is 1.73. The van der Waals surface area contributed by atoms with Gasteiger partial charge >= 0.3 is 0 Å². The summed E-state index contributed by atoms with van der Waals surface area (Å²) in [5.41, 5.74) is 3.39. The summed E-state index contributed by atoms with van der Waals surface area (Å²) in [6.07, 6.45) is 0. The van der Waals surface area contributed by atoms with E-state index in [0.717, 1.165) is 22.4 Å². The maximum atomic E-state index is 12.0. The highest BCUT2D eigenvalue weighted by Gasteiger charge is 2.11. The molecule has 6 nitrogen and oxygen atoms in total. The lowest BCUT2D eigenvalue weighted by Crippen LogP contribution is -2.24. The van der Waals surface area contributed by atoms with Crippen molar-refractivity contribution >= 4 is 16.9 Å². The van der Waals surface area contributed by atoms with Crippen LogP contribution in [-0.4, -0.2) is 26.1 Å². The summed E-state index contributed by atoms with van der Waals surface area (Å²) in [6, 6.07) is 9.42. The average molecular weight is 255 g/mol. The SMILES string of the molecule is Cc1cc(CNC(=O)c2nc3ccccc3[nH]2)n[nH]1. The number of nitrogens with one attached hydrogen (secondary N) is 3. The van der Waals surface area contributed by atoms with Crippen molar-refractivity contribution in [3.63, 3.8) is 0 Å². The van der Waals surface area contributed by atoms with E-state index in [1.54, 1.807) is 0 Å². The van der Waals surface area contributed by atoms with Gasteiger partial charge in [-0.05, 0) is 25.1 Å². The molecule has 3 N–H and O–H groups in total. The molecule has 0 aliphatic carbocycles. The minimum absolute atomic E-state index is 0.239. The van der Waals surface area contributed by atoms with E-state index < -0.39 is 0 Å². The maximum absolute atomic E-state index is 12.0. The van der Waals surface area contributed by atoms with Gasteiger partial charge in [0.15, 0.2) is 5.82 Å². The van der Waals surface area contributed by atoms with Crippen LogP contribution in [0.4, 0.5) is 0 Å². The molecule has 1 amide bonds. The number of para-hydroxylation sites is 2. The van der Waals surface area contributed by atoms with Gasteiger partial charge in [-0.1, -0.05) is 12.1 Å². The number of aromatic amines is 2. The van der Waals surface area contributed by atoms with Crippen LogP contribution in [0.1, 0.15) is 22.0 Å². The number of imidazole rings is 1. The molecule has 3 aromatic rings. The zero-order valence-electron chi connectivity index (χ0n) is 10.4. The molecule has 0 fully saturated rings. The minimum atomic E-state index is -0.239. The number of H-pyrrole nitrogens is 2. The zero-order chi connectivity index (χ0) is 13.2. The summed E-state index contributed by atoms with van der Waals surface area (Å²) in [4.78, 5) is 19.2. The Morgan fingerprint density at radius 3 is 2.95 bits per heavy atom. The number of hydrogen-bond donors (Lipinski definition) is 3. The molecule has 2 heterocycles. The molecule has 1 aromatic carbocycles. The summed E-state index contributed by atoms with van der Waals surface area (Å²) in [5.74, 6) is 0.0744. The fourth-order valence-electron chi connectivity index (χ4n) is 1.88. The van der Waals surface area contributed by atoms with Gasteiger partial charge in [0.2, 0.25) is 0 Å². The lowest BCUT2D eigenvalue weighted by Gasteiger charge is -1.99. The number of rotatable bonds is 3. The molecule has 0 bridgehead atoms. The first-order valence-electron chi connectivity index (χ1n) is 5.96. The smallest absolute Gasteiger partial charge is 0.287 e. The number of benzene rings is 1. The zero-order valence-corrected chi connectivity index (χ0v) is 10.4. The summed E-state index contributed by atoms with van der Waals surface area (Å²) in [7, 11) is 0. The van der Waals surface area contributed by atoms with Crippen LogP contribution in [0.2, 0.25) is 0 Å². The van der Waals surface area contributed by atoms with E-state index in [4.69, 9.17) is 0 Å². The number of carbonyl (C=O) groups excluding carboxylic acids is 1. The Labute approximate surface area is 109 Å². The number of fused-ring (bicyclic) bond motifs is 1. The van der Waals surface area contributed by atoms with Crippen LogP contribution in [0.5, 0.6) is 0 Å². The molecule has 3 rings (SSSR count). The molecule has 0 spiro atoms. The predicted molar refractivity (Wildman–Crippen MR) is 70.6 cm³/mol. The molecule has 19 heavy (non-hydrogen) atoms. The fraction of sp³-hybridized carbons (Fsp3) is 0.154. The minimum Gasteiger partial charge on any atom is -0.344 e. The van der Waals surface area contributed by atoms with Crippen LogP contribution in [0.25, 0.3) is 11.0 Å². The van der Waals surface area contributed by atoms with Crippen molar-refractivity contribution in [3.8, 4) is 0 Å². The highest BCUT2D eigenvalue weighted by atomic mass is 16.2. The van der Waals surface area contributed by atoms with Gasteiger partial charge in [0.25, 0.3) is 5.91 Å². The van der Waals surface area contributed by atoms with E-state index in [1.807, 2.05) is 37.3 Å². The third-order valence-corrected chi connectivity index (χ3v) is 2.79. The second-order valence-electron chi connectivity index (χ2n) is 4.33. The number of aryl methyl sites for hydroxylation is 1. The van der Waals surface area contributed by atoms with Crippen molar-refractivity contribution in [2.75, 3.05) is 0 Å². The van der Waals surface area contributed by atoms with E-state index in [-0.39, 0.29) is 5.91 Å². The van der Waals surface area contributed by atoms with Crippen LogP contribution >= 0.6 is 0 Å². The summed E-state index contributed by atoms with van der Waals surface area (Å²) < 4.78 is 0. The second-order valence-corrected chi connectivity index (χ2v) is 4.33. The van der Waals surface area contributed by atoms with Gasteiger partial charge in [-0.15, -0.1) is 0 Å². The van der Waals surface area contributed by atoms with Crippen molar-refractivity contribution in [1.29, 1.82) is 0 Å². The van der Waals surface area contributed by atoms with Crippen molar-refractivity contribution in [3.05, 3.63) is 47.5 Å². The van der Waals surface area contributed by atoms with Gasteiger partial charge in [0, 0.05) is 5.69 Å². The van der Waals surface area contributed by atoms with Crippen LogP contribution in [0, 0.1) is 6.92 Å². The standard InChI is InChI=1S/C13H13N5O/c1-8-6-9(18-17-8)7-14-13(19)12-15-10-4-2-3-5-11(10)16-12/h2-6H,7H2,1H3,(H,14,19)(H,15,16)(H,17,18). The molecule has 0 aliphatic rings. The summed E-state index contributed by atoms with van der Waals surface area (Å²) in [6.45, 7) is 2.29. The van der Waals surface area contributed by atoms with Gasteiger partial charge < -0.3 is 10.3 Å². The molecule has 0 aliphatic heterocycles. The summed E-state index contributed by atoms with van der Waals surface area (Å²) in [5, 5.41) is 9.66. The Hall–Kier alpha value is -2.63. The Morgan fingerprint density at radius 2 is 2.21 bits per heavy atom. The van der Waals surface area contributed by atoms with Crippen molar-refractivity contribution in [2.24, 2.45) is 0 Å². The molecule has 96 valence electrons. The average Bonchev–Trinajstić information content (AvgIpc) is 3.01. The Morgan fingerprint density at radius 1 is 1.37 bits per heavy atom. The Bertz CT molecular complexity index is 694. The fourth-order valence-corrected chi connectivity index (χ4v) is 1.88. The van der Waals surface area contributed by atoms with Gasteiger partial charge in [0.1, 0.15) is 0 Å². The summed E-state index contributed by atoms with van der Waals surface area (Å²) >= 11 is 0. The van der Waals surface area contributed by atoms with Crippen molar-refractivity contribution in [2.45, 2.75) is 13.5 Å². The first-order chi connectivity index (χ1) is 9.22. The molecule has 0 atom stereocenters. The molecule has 0 unspecified atom stereocenters. The van der Waals surface area contributed by atoms with E-state index in [1.165, 1.54) is 0 Å². The lowest BCUT2D eigenvalue weighted by molar-refractivity contribution is 0.0941. The third kappa shape index (κ3) is 2.33. The Kier molecular flexibility index (Phi) is 2.75. The number of nitrogens with zero attached hydrogens (tertiary/aromatic N) is 2. The lowest BCUT2D eigenvalue weighted by atomic mass is 10.3. The monoisotopic (exact) mass is 255 g/mol. The highest BCUT2D eigenvalue weighted by Crippen LogP contribution is 2.10. The first kappa shape index (κ1) is 11.5. The third-order valence-electron chi connectivity index (χ3n) is 2.79. The van der Waals surface area contributed by atoms with E-state index in [9.17, 15) is 4.79 Å². The predicted octanol–water partition coefficient (Wildman–Crippen LogP) is 1.52. The number of amides is 1. The number of aromatic nitrogens is 4. The number of hydrogen-bond acceptors (Lipinski definition) is 3. The van der Waals surface area contributed by atoms with Crippen LogP contribution < -0.4 is 5.32 Å². The van der Waals surface area contributed by atoms with E-state index >= 15 is 0 Å². The largest absolute Gasteiger partial charge is 0.344 e. The van der Waals surface area contributed by atoms with Crippen LogP contribution in [-0.2, 0) is 6.54 Å². The molecule has 0 radical (unpaired) electrons. The van der Waals surface area contributed by atoms with Gasteiger partial charge in [-0.25, -0.2) is 4.98 Å². The van der Waals surface area contributed by atoms with Crippen LogP contribution in [0.15, 0.2) is 30.3 Å². The number of carbonyl (C=O) groups is 1. The van der Waals surface area contributed by atoms with E-state index in [0.29, 0.717) is 12.4 Å².